The largest absolute Gasteiger partial charge is 0.443 e. The van der Waals surface area contributed by atoms with Crippen LogP contribution in [-0.4, -0.2) is 9.72 Å². The van der Waals surface area contributed by atoms with Gasteiger partial charge in [0.1, 0.15) is 0 Å². The van der Waals surface area contributed by atoms with Gasteiger partial charge in [0.05, 0.1) is 6.54 Å². The van der Waals surface area contributed by atoms with Gasteiger partial charge in [-0.25, -0.2) is 9.36 Å². The minimum Gasteiger partial charge on any atom is -0.366 e. The zero-order chi connectivity index (χ0) is 11.4. The molecule has 0 aliphatic rings. The van der Waals surface area contributed by atoms with Crippen molar-refractivity contribution < 1.29 is 4.52 Å². The van der Waals surface area contributed by atoms with Crippen molar-refractivity contribution in [3.05, 3.63) is 52.5 Å². The third-order valence-electron chi connectivity index (χ3n) is 2.11. The molecule has 0 aliphatic carbocycles. The molecule has 0 atom stereocenters. The van der Waals surface area contributed by atoms with Crippen LogP contribution in [0.3, 0.4) is 0 Å². The Morgan fingerprint density at radius 1 is 1.38 bits per heavy atom. The van der Waals surface area contributed by atoms with Crippen molar-refractivity contribution in [2.45, 2.75) is 6.54 Å². The van der Waals surface area contributed by atoms with Crippen LogP contribution in [0.25, 0.3) is 6.08 Å². The number of hydrogen-bond acceptors (Lipinski definition) is 4. The van der Waals surface area contributed by atoms with E-state index >= 15 is 0 Å². The van der Waals surface area contributed by atoms with E-state index < -0.39 is 5.76 Å². The molecule has 1 heterocycles. The molecule has 0 aliphatic heterocycles. The van der Waals surface area contributed by atoms with E-state index in [0.717, 1.165) is 5.56 Å². The highest BCUT2D eigenvalue weighted by Crippen LogP contribution is 2.01. The van der Waals surface area contributed by atoms with Crippen LogP contribution in [0, 0.1) is 0 Å². The van der Waals surface area contributed by atoms with Gasteiger partial charge in [-0.1, -0.05) is 42.5 Å². The van der Waals surface area contributed by atoms with Crippen LogP contribution in [0.2, 0.25) is 0 Å². The van der Waals surface area contributed by atoms with E-state index in [0.29, 0.717) is 6.54 Å². The Labute approximate surface area is 91.8 Å². The normalized spacial score (nSPS) is 11.0. The molecular weight excluding hydrogens is 206 g/mol. The van der Waals surface area contributed by atoms with Crippen LogP contribution < -0.4 is 11.5 Å². The first-order chi connectivity index (χ1) is 7.77. The number of aromatic nitrogens is 2. The van der Waals surface area contributed by atoms with Crippen LogP contribution in [0.15, 0.2) is 45.7 Å². The molecule has 2 aromatic rings. The quantitative estimate of drug-likeness (QED) is 0.836. The molecule has 0 fully saturated rings. The Bertz CT molecular complexity index is 540. The molecule has 5 heteroatoms. The molecule has 0 saturated heterocycles. The maximum Gasteiger partial charge on any atom is 0.443 e. The Balaban J connectivity index is 2.08. The van der Waals surface area contributed by atoms with Crippen LogP contribution in [0.1, 0.15) is 5.56 Å². The van der Waals surface area contributed by atoms with E-state index in [4.69, 9.17) is 5.73 Å². The van der Waals surface area contributed by atoms with Crippen LogP contribution in [-0.2, 0) is 6.54 Å². The molecule has 0 bridgehead atoms. The van der Waals surface area contributed by atoms with Crippen molar-refractivity contribution >= 4 is 12.0 Å². The van der Waals surface area contributed by atoms with E-state index in [9.17, 15) is 4.79 Å². The monoisotopic (exact) mass is 217 g/mol. The van der Waals surface area contributed by atoms with E-state index in [1.54, 1.807) is 0 Å². The van der Waals surface area contributed by atoms with Gasteiger partial charge in [-0.05, 0) is 10.7 Å². The molecule has 2 N–H and O–H groups in total. The molecule has 0 saturated carbocycles. The maximum absolute atomic E-state index is 11.1. The van der Waals surface area contributed by atoms with Gasteiger partial charge in [-0.2, -0.15) is 0 Å². The summed E-state index contributed by atoms with van der Waals surface area (Å²) in [5.41, 5.74) is 6.51. The lowest BCUT2D eigenvalue weighted by molar-refractivity contribution is 0.379. The average Bonchev–Trinajstić information content (AvgIpc) is 2.62. The molecule has 82 valence electrons. The summed E-state index contributed by atoms with van der Waals surface area (Å²) >= 11 is 0. The molecule has 1 aromatic carbocycles. The molecule has 2 rings (SSSR count). The van der Waals surface area contributed by atoms with Gasteiger partial charge in [0.15, 0.2) is 0 Å². The molecule has 5 nitrogen and oxygen atoms in total. The average molecular weight is 217 g/mol. The minimum absolute atomic E-state index is 0.0858. The first-order valence-corrected chi connectivity index (χ1v) is 4.81. The number of nitrogen functional groups attached to an aromatic ring is 1. The second-order valence-electron chi connectivity index (χ2n) is 3.23. The summed E-state index contributed by atoms with van der Waals surface area (Å²) in [6, 6.07) is 9.77. The van der Waals surface area contributed by atoms with Gasteiger partial charge in [0.2, 0.25) is 5.95 Å². The summed E-state index contributed by atoms with van der Waals surface area (Å²) < 4.78 is 5.65. The Hall–Kier alpha value is -2.30. The number of rotatable bonds is 3. The Morgan fingerprint density at radius 2 is 2.12 bits per heavy atom. The molecule has 0 spiro atoms. The number of anilines is 1. The topological polar surface area (TPSA) is 74.1 Å². The summed E-state index contributed by atoms with van der Waals surface area (Å²) in [6.45, 7) is 0.350. The van der Waals surface area contributed by atoms with Gasteiger partial charge in [0, 0.05) is 0 Å². The van der Waals surface area contributed by atoms with E-state index in [-0.39, 0.29) is 5.95 Å². The summed E-state index contributed by atoms with van der Waals surface area (Å²) in [7, 11) is 0. The van der Waals surface area contributed by atoms with Crippen molar-refractivity contribution in [2.24, 2.45) is 0 Å². The third kappa shape index (κ3) is 2.20. The predicted octanol–water partition coefficient (Wildman–Crippen LogP) is 1.13. The van der Waals surface area contributed by atoms with Gasteiger partial charge in [-0.3, -0.25) is 4.52 Å². The number of nitrogens with zero attached hydrogens (tertiary/aromatic N) is 2. The highest BCUT2D eigenvalue weighted by atomic mass is 16.5. The van der Waals surface area contributed by atoms with Gasteiger partial charge < -0.3 is 5.73 Å². The summed E-state index contributed by atoms with van der Waals surface area (Å²) in [5, 5.41) is 3.36. The lowest BCUT2D eigenvalue weighted by atomic mass is 10.2. The number of hydrogen-bond donors (Lipinski definition) is 1. The van der Waals surface area contributed by atoms with E-state index in [2.05, 4.69) is 9.68 Å². The molecular formula is C11H11N3O2. The minimum atomic E-state index is -0.546. The van der Waals surface area contributed by atoms with Crippen molar-refractivity contribution in [3.63, 3.8) is 0 Å². The van der Waals surface area contributed by atoms with Gasteiger partial charge >= 0.3 is 5.76 Å². The van der Waals surface area contributed by atoms with E-state index in [1.165, 1.54) is 4.57 Å². The van der Waals surface area contributed by atoms with Gasteiger partial charge in [-0.15, -0.1) is 0 Å². The van der Waals surface area contributed by atoms with Crippen molar-refractivity contribution in [2.75, 3.05) is 5.73 Å². The third-order valence-corrected chi connectivity index (χ3v) is 2.11. The summed E-state index contributed by atoms with van der Waals surface area (Å²) in [6.07, 6.45) is 3.73. The fourth-order valence-electron chi connectivity index (χ4n) is 1.30. The fourth-order valence-corrected chi connectivity index (χ4v) is 1.30. The number of benzene rings is 1. The Morgan fingerprint density at radius 3 is 2.75 bits per heavy atom. The molecule has 16 heavy (non-hydrogen) atoms. The molecule has 0 radical (unpaired) electrons. The van der Waals surface area contributed by atoms with E-state index in [1.807, 2.05) is 42.5 Å². The van der Waals surface area contributed by atoms with Crippen molar-refractivity contribution in [1.29, 1.82) is 0 Å². The Kier molecular flexibility index (Phi) is 2.86. The zero-order valence-corrected chi connectivity index (χ0v) is 8.54. The smallest absolute Gasteiger partial charge is 0.366 e. The standard InChI is InChI=1S/C11H11N3O2/c12-10-13-16-11(15)14(10)8-4-7-9-5-2-1-3-6-9/h1-7H,8H2,(H2,12,13)/b7-4+. The maximum atomic E-state index is 11.1. The van der Waals surface area contributed by atoms with Gasteiger partial charge in [0.25, 0.3) is 0 Å². The highest BCUT2D eigenvalue weighted by Gasteiger charge is 2.03. The van der Waals surface area contributed by atoms with Crippen LogP contribution in [0.4, 0.5) is 5.95 Å². The lowest BCUT2D eigenvalue weighted by Gasteiger charge is -1.95. The first-order valence-electron chi connectivity index (χ1n) is 4.81. The zero-order valence-electron chi connectivity index (χ0n) is 8.54. The van der Waals surface area contributed by atoms with Crippen molar-refractivity contribution in [1.82, 2.24) is 9.72 Å². The first kappa shape index (κ1) is 10.2. The van der Waals surface area contributed by atoms with Crippen LogP contribution >= 0.6 is 0 Å². The predicted molar refractivity (Wildman–Crippen MR) is 60.7 cm³/mol. The second-order valence-corrected chi connectivity index (χ2v) is 3.23. The summed E-state index contributed by atoms with van der Waals surface area (Å²) in [4.78, 5) is 11.1. The fraction of sp³-hybridized carbons (Fsp3) is 0.0909. The number of allylic oxidation sites excluding steroid dienone is 1. The lowest BCUT2D eigenvalue weighted by Crippen LogP contribution is -2.15. The molecule has 0 unspecified atom stereocenters. The SMILES string of the molecule is Nc1noc(=O)n1C/C=C/c1ccccc1. The van der Waals surface area contributed by atoms with Crippen LogP contribution in [0.5, 0.6) is 0 Å². The number of nitrogens with two attached hydrogens (primary N) is 1. The summed E-state index contributed by atoms with van der Waals surface area (Å²) in [5.74, 6) is -0.460. The molecule has 0 amide bonds. The molecule has 1 aromatic heterocycles. The van der Waals surface area contributed by atoms with Crippen molar-refractivity contribution in [3.8, 4) is 0 Å². The second kappa shape index (κ2) is 4.48. The highest BCUT2D eigenvalue weighted by molar-refractivity contribution is 5.48.